The first-order valence-corrected chi connectivity index (χ1v) is 6.97. The van der Waals surface area contributed by atoms with Crippen molar-refractivity contribution in [2.24, 2.45) is 0 Å². The van der Waals surface area contributed by atoms with Gasteiger partial charge in [0.1, 0.15) is 5.56 Å². The van der Waals surface area contributed by atoms with Gasteiger partial charge in [-0.15, -0.1) is 0 Å². The molecule has 1 heterocycles. The molecule has 1 N–H and O–H groups in total. The topological polar surface area (TPSA) is 67.9 Å². The monoisotopic (exact) mass is 298 g/mol. The lowest BCUT2D eigenvalue weighted by Crippen LogP contribution is -3.14. The Kier molecular flexibility index (Phi) is 4.57. The van der Waals surface area contributed by atoms with Gasteiger partial charge >= 0.3 is 0 Å². The van der Waals surface area contributed by atoms with E-state index in [0.29, 0.717) is 18.1 Å². The standard InChI is InChI=1S/C13H16ClN3O3/c1-2-15-5-7-16(8-6-15)13(18)11-9-10(14)3-4-12(11)17(19)20/h3-4,9H,2,5-8H2,1H3/p+1. The molecule has 108 valence electrons. The number of nitro groups is 1. The van der Waals surface area contributed by atoms with Gasteiger partial charge in [0.25, 0.3) is 11.6 Å². The van der Waals surface area contributed by atoms with Crippen molar-refractivity contribution in [2.75, 3.05) is 32.7 Å². The minimum absolute atomic E-state index is 0.0717. The van der Waals surface area contributed by atoms with Gasteiger partial charge in [-0.25, -0.2) is 0 Å². The van der Waals surface area contributed by atoms with Gasteiger partial charge < -0.3 is 9.80 Å². The van der Waals surface area contributed by atoms with E-state index in [0.717, 1.165) is 19.6 Å². The van der Waals surface area contributed by atoms with Crippen LogP contribution in [-0.4, -0.2) is 48.5 Å². The maximum Gasteiger partial charge on any atom is 0.282 e. The number of hydrogen-bond acceptors (Lipinski definition) is 3. The lowest BCUT2D eigenvalue weighted by Gasteiger charge is -2.31. The van der Waals surface area contributed by atoms with Crippen LogP contribution in [0.5, 0.6) is 0 Å². The van der Waals surface area contributed by atoms with Crippen molar-refractivity contribution in [3.05, 3.63) is 38.9 Å². The van der Waals surface area contributed by atoms with Gasteiger partial charge in [-0.05, 0) is 19.1 Å². The van der Waals surface area contributed by atoms with Crippen LogP contribution in [0.1, 0.15) is 17.3 Å². The lowest BCUT2D eigenvalue weighted by molar-refractivity contribution is -0.902. The van der Waals surface area contributed by atoms with Gasteiger partial charge in [0, 0.05) is 11.1 Å². The largest absolute Gasteiger partial charge is 0.332 e. The van der Waals surface area contributed by atoms with E-state index in [4.69, 9.17) is 11.6 Å². The molecule has 20 heavy (non-hydrogen) atoms. The van der Waals surface area contributed by atoms with Crippen LogP contribution in [0.2, 0.25) is 5.02 Å². The van der Waals surface area contributed by atoms with E-state index in [1.54, 1.807) is 4.90 Å². The molecule has 0 unspecified atom stereocenters. The summed E-state index contributed by atoms with van der Waals surface area (Å²) in [6.45, 7) is 6.11. The first-order chi connectivity index (χ1) is 9.52. The van der Waals surface area contributed by atoms with Crippen molar-refractivity contribution in [2.45, 2.75) is 6.92 Å². The number of piperazine rings is 1. The van der Waals surface area contributed by atoms with Crippen LogP contribution in [0, 0.1) is 10.1 Å². The summed E-state index contributed by atoms with van der Waals surface area (Å²) in [5.74, 6) is -0.311. The quantitative estimate of drug-likeness (QED) is 0.657. The average Bonchev–Trinajstić information content (AvgIpc) is 2.46. The predicted octanol–water partition coefficient (Wildman–Crippen LogP) is 0.609. The highest BCUT2D eigenvalue weighted by atomic mass is 35.5. The van der Waals surface area contributed by atoms with E-state index in [1.807, 2.05) is 0 Å². The fourth-order valence-corrected chi connectivity index (χ4v) is 2.56. The number of nitro benzene ring substituents is 1. The van der Waals surface area contributed by atoms with E-state index in [2.05, 4.69) is 6.92 Å². The Morgan fingerprint density at radius 3 is 2.65 bits per heavy atom. The first kappa shape index (κ1) is 14.7. The van der Waals surface area contributed by atoms with E-state index >= 15 is 0 Å². The minimum atomic E-state index is -0.545. The molecular weight excluding hydrogens is 282 g/mol. The number of benzene rings is 1. The van der Waals surface area contributed by atoms with Crippen molar-refractivity contribution in [3.63, 3.8) is 0 Å². The molecule has 1 saturated heterocycles. The fraction of sp³-hybridized carbons (Fsp3) is 0.462. The maximum atomic E-state index is 12.4. The molecule has 0 bridgehead atoms. The Hall–Kier alpha value is -1.66. The first-order valence-electron chi connectivity index (χ1n) is 6.59. The van der Waals surface area contributed by atoms with Gasteiger partial charge in [0.15, 0.2) is 0 Å². The maximum absolute atomic E-state index is 12.4. The van der Waals surface area contributed by atoms with E-state index < -0.39 is 4.92 Å². The van der Waals surface area contributed by atoms with Crippen LogP contribution in [0.15, 0.2) is 18.2 Å². The Morgan fingerprint density at radius 2 is 2.10 bits per heavy atom. The third-order valence-corrected chi connectivity index (χ3v) is 3.88. The predicted molar refractivity (Wildman–Crippen MR) is 75.2 cm³/mol. The highest BCUT2D eigenvalue weighted by molar-refractivity contribution is 6.31. The minimum Gasteiger partial charge on any atom is -0.332 e. The van der Waals surface area contributed by atoms with Gasteiger partial charge in [0.05, 0.1) is 37.6 Å². The number of likely N-dealkylation sites (N-methyl/N-ethyl adjacent to an activating group) is 1. The number of carbonyl (C=O) groups is 1. The summed E-state index contributed by atoms with van der Waals surface area (Å²) in [7, 11) is 0. The molecule has 0 radical (unpaired) electrons. The number of amides is 1. The summed E-state index contributed by atoms with van der Waals surface area (Å²) in [6.07, 6.45) is 0. The van der Waals surface area contributed by atoms with Crippen LogP contribution >= 0.6 is 11.6 Å². The molecular formula is C13H17ClN3O3+. The van der Waals surface area contributed by atoms with Crippen molar-refractivity contribution in [3.8, 4) is 0 Å². The van der Waals surface area contributed by atoms with Gasteiger partial charge in [-0.3, -0.25) is 14.9 Å². The lowest BCUT2D eigenvalue weighted by atomic mass is 10.1. The van der Waals surface area contributed by atoms with Gasteiger partial charge in [-0.1, -0.05) is 11.6 Å². The second-order valence-electron chi connectivity index (χ2n) is 4.81. The average molecular weight is 299 g/mol. The van der Waals surface area contributed by atoms with Gasteiger partial charge in [0.2, 0.25) is 0 Å². The summed E-state index contributed by atoms with van der Waals surface area (Å²) < 4.78 is 0. The summed E-state index contributed by atoms with van der Waals surface area (Å²) in [4.78, 5) is 26.0. The fourth-order valence-electron chi connectivity index (χ4n) is 2.39. The highest BCUT2D eigenvalue weighted by Gasteiger charge is 2.28. The molecule has 0 spiro atoms. The number of nitrogens with one attached hydrogen (secondary N) is 1. The number of nitrogens with zero attached hydrogens (tertiary/aromatic N) is 2. The molecule has 7 heteroatoms. The number of hydrogen-bond donors (Lipinski definition) is 1. The molecule has 0 aliphatic carbocycles. The molecule has 1 aromatic carbocycles. The van der Waals surface area contributed by atoms with Crippen LogP contribution < -0.4 is 4.90 Å². The molecule has 6 nitrogen and oxygen atoms in total. The highest BCUT2D eigenvalue weighted by Crippen LogP contribution is 2.24. The second kappa shape index (κ2) is 6.19. The van der Waals surface area contributed by atoms with Crippen molar-refractivity contribution >= 4 is 23.2 Å². The number of carbonyl (C=O) groups excluding carboxylic acids is 1. The van der Waals surface area contributed by atoms with E-state index in [-0.39, 0.29) is 17.2 Å². The van der Waals surface area contributed by atoms with Gasteiger partial charge in [-0.2, -0.15) is 0 Å². The van der Waals surface area contributed by atoms with E-state index in [9.17, 15) is 14.9 Å². The molecule has 1 aromatic rings. The smallest absolute Gasteiger partial charge is 0.282 e. The molecule has 2 rings (SSSR count). The van der Waals surface area contributed by atoms with Crippen molar-refractivity contribution < 1.29 is 14.6 Å². The van der Waals surface area contributed by atoms with Crippen LogP contribution in [-0.2, 0) is 0 Å². The summed E-state index contributed by atoms with van der Waals surface area (Å²) >= 11 is 5.85. The number of quaternary nitrogens is 1. The van der Waals surface area contributed by atoms with Crippen LogP contribution in [0.3, 0.4) is 0 Å². The zero-order valence-electron chi connectivity index (χ0n) is 11.3. The summed E-state index contributed by atoms with van der Waals surface area (Å²) in [5, 5.41) is 11.3. The van der Waals surface area contributed by atoms with Crippen molar-refractivity contribution in [1.29, 1.82) is 0 Å². The second-order valence-corrected chi connectivity index (χ2v) is 5.25. The van der Waals surface area contributed by atoms with Crippen LogP contribution in [0.4, 0.5) is 5.69 Å². The summed E-state index contributed by atoms with van der Waals surface area (Å²) in [6, 6.07) is 4.08. The zero-order valence-corrected chi connectivity index (χ0v) is 12.0. The molecule has 1 aliphatic rings. The zero-order chi connectivity index (χ0) is 14.7. The van der Waals surface area contributed by atoms with Crippen LogP contribution in [0.25, 0.3) is 0 Å². The molecule has 0 aromatic heterocycles. The van der Waals surface area contributed by atoms with E-state index in [1.165, 1.54) is 23.1 Å². The number of rotatable bonds is 3. The molecule has 1 aliphatic heterocycles. The normalized spacial score (nSPS) is 16.2. The molecule has 1 fully saturated rings. The Morgan fingerprint density at radius 1 is 1.45 bits per heavy atom. The Labute approximate surface area is 122 Å². The number of halogens is 1. The SMILES string of the molecule is CC[NH+]1CCN(C(=O)c2cc(Cl)ccc2[N+](=O)[O-])CC1. The summed E-state index contributed by atoms with van der Waals surface area (Å²) in [5.41, 5.74) is -0.118. The third-order valence-electron chi connectivity index (χ3n) is 3.64. The Bertz CT molecular complexity index is 528. The Balaban J connectivity index is 2.21. The molecule has 1 amide bonds. The molecule has 0 atom stereocenters. The third kappa shape index (κ3) is 3.08. The van der Waals surface area contributed by atoms with Crippen molar-refractivity contribution in [1.82, 2.24) is 4.90 Å². The molecule has 0 saturated carbocycles.